The summed E-state index contributed by atoms with van der Waals surface area (Å²) in [7, 11) is 0. The summed E-state index contributed by atoms with van der Waals surface area (Å²) in [6.45, 7) is 4.81. The van der Waals surface area contributed by atoms with E-state index in [1.165, 1.54) is 31.2 Å². The molecule has 0 bridgehead atoms. The van der Waals surface area contributed by atoms with E-state index in [1.54, 1.807) is 0 Å². The summed E-state index contributed by atoms with van der Waals surface area (Å²) in [5.74, 6) is 0. The summed E-state index contributed by atoms with van der Waals surface area (Å²) >= 11 is 0. The molecule has 0 saturated heterocycles. The largest absolute Gasteiger partial charge is 0.696 e. The Bertz CT molecular complexity index is 387. The summed E-state index contributed by atoms with van der Waals surface area (Å²) in [5, 5.41) is 15.3. The Kier molecular flexibility index (Phi) is 8.43. The smallest absolute Gasteiger partial charge is 0.146 e. The number of benzene rings is 1. The fraction of sp³-hybridized carbons (Fsp3) is 0.625. The van der Waals surface area contributed by atoms with Crippen molar-refractivity contribution in [3.63, 3.8) is 0 Å². The molecule has 20 heavy (non-hydrogen) atoms. The van der Waals surface area contributed by atoms with Crippen LogP contribution in [0.5, 0.6) is 0 Å². The number of nitrogens with one attached hydrogen (secondary N) is 1. The van der Waals surface area contributed by atoms with Gasteiger partial charge in [0.1, 0.15) is 12.2 Å². The zero-order valence-electron chi connectivity index (χ0n) is 12.8. The highest BCUT2D eigenvalue weighted by atomic mass is 16.5. The van der Waals surface area contributed by atoms with Gasteiger partial charge in [-0.1, -0.05) is 45.2 Å². The van der Waals surface area contributed by atoms with Crippen LogP contribution in [0.4, 0.5) is 5.69 Å². The van der Waals surface area contributed by atoms with E-state index >= 15 is 0 Å². The van der Waals surface area contributed by atoms with Crippen molar-refractivity contribution in [1.82, 2.24) is 0 Å². The van der Waals surface area contributed by atoms with E-state index in [-0.39, 0.29) is 0 Å². The molecule has 0 fully saturated rings. The molecule has 0 radical (unpaired) electrons. The lowest BCUT2D eigenvalue weighted by Gasteiger charge is -2.05. The maximum absolute atomic E-state index is 11.5. The first-order chi connectivity index (χ1) is 9.76. The van der Waals surface area contributed by atoms with E-state index in [0.717, 1.165) is 29.8 Å². The third-order valence-electron chi connectivity index (χ3n) is 3.27. The lowest BCUT2D eigenvalue weighted by molar-refractivity contribution is -0.528. The van der Waals surface area contributed by atoms with E-state index in [9.17, 15) is 5.21 Å². The minimum atomic E-state index is 0.460. The monoisotopic (exact) mass is 277 g/mol. The van der Waals surface area contributed by atoms with Crippen LogP contribution in [0, 0.1) is 5.21 Å². The molecule has 0 atom stereocenters. The molecule has 0 amide bonds. The standard InChI is InChI=1S/C16H27N3O/c1-3-5-7-8-14-19(20)18-17-16-12-10-15(11-13-16)9-6-4-2/h10-13,17H,3-9,14H2,1-2H3/b19-18-. The molecule has 0 aliphatic carbocycles. The summed E-state index contributed by atoms with van der Waals surface area (Å²) in [4.78, 5) is 0.737. The van der Waals surface area contributed by atoms with Gasteiger partial charge in [0.2, 0.25) is 0 Å². The molecule has 1 aromatic carbocycles. The van der Waals surface area contributed by atoms with Crippen LogP contribution < -0.4 is 5.43 Å². The van der Waals surface area contributed by atoms with Crippen molar-refractivity contribution in [1.29, 1.82) is 0 Å². The average Bonchev–Trinajstić information content (AvgIpc) is 2.48. The molecular formula is C16H27N3O. The van der Waals surface area contributed by atoms with Crippen LogP contribution in [-0.4, -0.2) is 11.4 Å². The number of anilines is 1. The van der Waals surface area contributed by atoms with Crippen molar-refractivity contribution < 1.29 is 4.86 Å². The van der Waals surface area contributed by atoms with Crippen molar-refractivity contribution in [3.05, 3.63) is 35.0 Å². The van der Waals surface area contributed by atoms with E-state index in [0.29, 0.717) is 6.54 Å². The molecule has 0 heterocycles. The lowest BCUT2D eigenvalue weighted by Crippen LogP contribution is -2.06. The number of rotatable bonds is 10. The normalized spacial score (nSPS) is 11.6. The molecule has 0 aliphatic rings. The second-order valence-corrected chi connectivity index (χ2v) is 5.15. The van der Waals surface area contributed by atoms with E-state index in [2.05, 4.69) is 36.6 Å². The van der Waals surface area contributed by atoms with Gasteiger partial charge in [0, 0.05) is 0 Å². The Morgan fingerprint density at radius 2 is 1.70 bits per heavy atom. The Morgan fingerprint density at radius 3 is 2.35 bits per heavy atom. The van der Waals surface area contributed by atoms with Crippen molar-refractivity contribution >= 4 is 5.69 Å². The third kappa shape index (κ3) is 7.12. The fourth-order valence-electron chi connectivity index (χ4n) is 1.96. The van der Waals surface area contributed by atoms with Crippen LogP contribution in [-0.2, 0) is 6.42 Å². The molecular weight excluding hydrogens is 250 g/mol. The molecule has 112 valence electrons. The topological polar surface area (TPSA) is 50.5 Å². The first-order valence-electron chi connectivity index (χ1n) is 7.76. The van der Waals surface area contributed by atoms with Gasteiger partial charge in [-0.2, -0.15) is 4.86 Å². The first-order valence-corrected chi connectivity index (χ1v) is 7.76. The highest BCUT2D eigenvalue weighted by Crippen LogP contribution is 2.11. The quantitative estimate of drug-likeness (QED) is 0.286. The second-order valence-electron chi connectivity index (χ2n) is 5.15. The summed E-state index contributed by atoms with van der Waals surface area (Å²) < 4.78 is 0. The summed E-state index contributed by atoms with van der Waals surface area (Å²) in [6, 6.07) is 8.12. The Hall–Kier alpha value is -1.58. The summed E-state index contributed by atoms with van der Waals surface area (Å²) in [5.41, 5.74) is 5.00. The SMILES string of the molecule is CCCCCC/[N+]([O-])=N/Nc1ccc(CCCC)cc1. The Morgan fingerprint density at radius 1 is 1.00 bits per heavy atom. The number of nitrogens with zero attached hydrogens (tertiary/aromatic N) is 2. The minimum absolute atomic E-state index is 0.460. The van der Waals surface area contributed by atoms with E-state index in [4.69, 9.17) is 0 Å². The first kappa shape index (κ1) is 16.5. The Balaban J connectivity index is 2.32. The van der Waals surface area contributed by atoms with Crippen LogP contribution in [0.15, 0.2) is 29.5 Å². The van der Waals surface area contributed by atoms with Crippen molar-refractivity contribution in [2.24, 2.45) is 5.22 Å². The molecule has 1 N–H and O–H groups in total. The molecule has 0 aromatic heterocycles. The maximum atomic E-state index is 11.5. The molecule has 0 spiro atoms. The van der Waals surface area contributed by atoms with Gasteiger partial charge in [-0.25, -0.2) is 0 Å². The number of hydrogen-bond donors (Lipinski definition) is 1. The number of hydroxylamine groups is 1. The highest BCUT2D eigenvalue weighted by molar-refractivity contribution is 5.43. The molecule has 1 rings (SSSR count). The van der Waals surface area contributed by atoms with Crippen LogP contribution in [0.1, 0.15) is 57.9 Å². The van der Waals surface area contributed by atoms with Gasteiger partial charge in [-0.15, -0.1) is 5.43 Å². The average molecular weight is 277 g/mol. The number of unbranched alkanes of at least 4 members (excludes halogenated alkanes) is 4. The zero-order valence-corrected chi connectivity index (χ0v) is 12.8. The van der Waals surface area contributed by atoms with Gasteiger partial charge in [0.25, 0.3) is 0 Å². The van der Waals surface area contributed by atoms with Gasteiger partial charge < -0.3 is 5.21 Å². The van der Waals surface area contributed by atoms with Crippen molar-refractivity contribution in [2.45, 2.75) is 58.8 Å². The molecule has 0 aliphatic heterocycles. The van der Waals surface area contributed by atoms with Gasteiger partial charge in [-0.05, 0) is 43.4 Å². The van der Waals surface area contributed by atoms with Gasteiger partial charge in [0.15, 0.2) is 0 Å². The van der Waals surface area contributed by atoms with Crippen molar-refractivity contribution in [2.75, 3.05) is 12.0 Å². The molecule has 4 heteroatoms. The van der Waals surface area contributed by atoms with Gasteiger partial charge in [-0.3, -0.25) is 0 Å². The molecule has 4 nitrogen and oxygen atoms in total. The third-order valence-corrected chi connectivity index (χ3v) is 3.27. The van der Waals surface area contributed by atoms with Crippen LogP contribution >= 0.6 is 0 Å². The van der Waals surface area contributed by atoms with Gasteiger partial charge in [0.05, 0.1) is 5.22 Å². The van der Waals surface area contributed by atoms with Crippen LogP contribution in [0.2, 0.25) is 0 Å². The molecule has 0 saturated carbocycles. The molecule has 0 unspecified atom stereocenters. The predicted molar refractivity (Wildman–Crippen MR) is 83.7 cm³/mol. The lowest BCUT2D eigenvalue weighted by atomic mass is 10.1. The minimum Gasteiger partial charge on any atom is -0.696 e. The highest BCUT2D eigenvalue weighted by Gasteiger charge is 1.98. The van der Waals surface area contributed by atoms with Crippen LogP contribution in [0.25, 0.3) is 0 Å². The Labute approximate surface area is 122 Å². The zero-order chi connectivity index (χ0) is 14.6. The van der Waals surface area contributed by atoms with E-state index < -0.39 is 0 Å². The number of hydrogen-bond acceptors (Lipinski definition) is 2. The summed E-state index contributed by atoms with van der Waals surface area (Å²) in [6.07, 6.45) is 7.88. The van der Waals surface area contributed by atoms with Gasteiger partial charge >= 0.3 is 0 Å². The predicted octanol–water partition coefficient (Wildman–Crippen LogP) is 4.90. The fourth-order valence-corrected chi connectivity index (χ4v) is 1.96. The second kappa shape index (κ2) is 10.2. The maximum Gasteiger partial charge on any atom is 0.146 e. The van der Waals surface area contributed by atoms with Crippen LogP contribution in [0.3, 0.4) is 0 Å². The molecule has 1 aromatic rings. The number of aryl methyl sites for hydroxylation is 1. The van der Waals surface area contributed by atoms with E-state index in [1.807, 2.05) is 12.1 Å². The van der Waals surface area contributed by atoms with Crippen molar-refractivity contribution in [3.8, 4) is 0 Å².